The van der Waals surface area contributed by atoms with Gasteiger partial charge >= 0.3 is 12.2 Å². The zero-order valence-corrected chi connectivity index (χ0v) is 23.3. The van der Waals surface area contributed by atoms with Gasteiger partial charge in [0.25, 0.3) is 0 Å². The molecule has 0 amide bonds. The molecule has 2 aromatic carbocycles. The second-order valence-corrected chi connectivity index (χ2v) is 11.3. The van der Waals surface area contributed by atoms with Crippen LogP contribution >= 0.6 is 0 Å². The molecule has 0 bridgehead atoms. The molecule has 2 aromatic rings. The van der Waals surface area contributed by atoms with Crippen molar-refractivity contribution in [3.05, 3.63) is 83.2 Å². The van der Waals surface area contributed by atoms with Crippen LogP contribution in [0.4, 0.5) is 35.1 Å². The molecule has 2 nitrogen and oxygen atoms in total. The first-order valence-corrected chi connectivity index (χ1v) is 14.3. The van der Waals surface area contributed by atoms with Gasteiger partial charge in [0.2, 0.25) is 0 Å². The summed E-state index contributed by atoms with van der Waals surface area (Å²) in [5, 5.41) is 0. The molecule has 10 heteroatoms. The summed E-state index contributed by atoms with van der Waals surface area (Å²) in [6.07, 6.45) is 3.13. The third-order valence-electron chi connectivity index (χ3n) is 8.49. The lowest BCUT2D eigenvalue weighted by atomic mass is 9.77. The van der Waals surface area contributed by atoms with Crippen LogP contribution in [0.3, 0.4) is 0 Å². The molecule has 0 spiro atoms. The Bertz CT molecular complexity index is 1230. The summed E-state index contributed by atoms with van der Waals surface area (Å²) in [5.74, 6) is -6.71. The summed E-state index contributed by atoms with van der Waals surface area (Å²) >= 11 is 0. The Balaban J connectivity index is 1.29. The van der Waals surface area contributed by atoms with E-state index < -0.39 is 52.9 Å². The maximum atomic E-state index is 14.9. The van der Waals surface area contributed by atoms with E-state index >= 15 is 0 Å². The molecule has 0 saturated heterocycles. The predicted molar refractivity (Wildman–Crippen MR) is 142 cm³/mol. The Morgan fingerprint density at radius 2 is 1.43 bits per heavy atom. The van der Waals surface area contributed by atoms with Crippen LogP contribution in [0.2, 0.25) is 0 Å². The van der Waals surface area contributed by atoms with Gasteiger partial charge < -0.3 is 9.47 Å². The van der Waals surface area contributed by atoms with Crippen molar-refractivity contribution < 1.29 is 44.6 Å². The molecule has 2 fully saturated rings. The number of hydrogen-bond donors (Lipinski definition) is 0. The second-order valence-electron chi connectivity index (χ2n) is 11.3. The number of rotatable bonds is 10. The maximum Gasteiger partial charge on any atom is 0.400 e. The molecule has 230 valence electrons. The van der Waals surface area contributed by atoms with E-state index in [4.69, 9.17) is 0 Å². The van der Waals surface area contributed by atoms with Crippen LogP contribution in [0.25, 0.3) is 0 Å². The van der Waals surface area contributed by atoms with Gasteiger partial charge in [0, 0.05) is 17.7 Å². The van der Waals surface area contributed by atoms with Crippen molar-refractivity contribution in [3.63, 3.8) is 0 Å². The summed E-state index contributed by atoms with van der Waals surface area (Å²) < 4.78 is 121. The van der Waals surface area contributed by atoms with Crippen LogP contribution < -0.4 is 9.47 Å². The van der Waals surface area contributed by atoms with E-state index in [9.17, 15) is 35.1 Å². The Kier molecular flexibility index (Phi) is 10.6. The Labute approximate surface area is 240 Å². The summed E-state index contributed by atoms with van der Waals surface area (Å²) in [7, 11) is 0. The first kappa shape index (κ1) is 31.9. The van der Waals surface area contributed by atoms with E-state index in [0.717, 1.165) is 25.7 Å². The number of ether oxygens (including phenoxy) is 2. The summed E-state index contributed by atoms with van der Waals surface area (Å²) in [6.45, 7) is 1.99. The van der Waals surface area contributed by atoms with E-state index in [1.54, 1.807) is 0 Å². The van der Waals surface area contributed by atoms with Crippen molar-refractivity contribution in [2.45, 2.75) is 83.2 Å². The van der Waals surface area contributed by atoms with Gasteiger partial charge in [-0.1, -0.05) is 12.2 Å². The van der Waals surface area contributed by atoms with Crippen LogP contribution in [-0.2, 0) is 6.42 Å². The normalized spacial score (nSPS) is 23.2. The van der Waals surface area contributed by atoms with Gasteiger partial charge in [-0.2, -0.15) is 17.6 Å². The van der Waals surface area contributed by atoms with Gasteiger partial charge in [0.15, 0.2) is 23.6 Å². The van der Waals surface area contributed by atoms with Gasteiger partial charge in [0.05, 0.1) is 5.92 Å². The standard InChI is InChI=1S/C32H34F8O2/c1-2-3-19-4-9-21(10-5-19)22-14-26(33)25(27(34)15-22)13-8-20-6-11-23(12-7-20)32(39,40)42-24-16-28(35)31(29(36)17-24)41-18-30(37)38/h2-3,14-21,23H,4-13H2,1H3/b3-2+. The molecule has 0 radical (unpaired) electrons. The summed E-state index contributed by atoms with van der Waals surface area (Å²) in [5.41, 5.74) is 0.696. The molecule has 0 aromatic heterocycles. The van der Waals surface area contributed by atoms with Crippen molar-refractivity contribution in [1.82, 2.24) is 0 Å². The Hall–Kier alpha value is -3.04. The fraction of sp³-hybridized carbons (Fsp3) is 0.500. The third kappa shape index (κ3) is 8.07. The van der Waals surface area contributed by atoms with Gasteiger partial charge in [-0.15, -0.1) is 0 Å². The van der Waals surface area contributed by atoms with Gasteiger partial charge in [-0.25, -0.2) is 17.6 Å². The van der Waals surface area contributed by atoms with E-state index in [2.05, 4.69) is 15.5 Å². The van der Waals surface area contributed by atoms with E-state index in [1.165, 1.54) is 12.1 Å². The van der Waals surface area contributed by atoms with Crippen LogP contribution in [-0.4, -0.2) is 6.11 Å². The third-order valence-corrected chi connectivity index (χ3v) is 8.49. The molecule has 2 aliphatic rings. The topological polar surface area (TPSA) is 18.5 Å². The van der Waals surface area contributed by atoms with Gasteiger partial charge in [-0.05, 0) is 107 Å². The quantitative estimate of drug-likeness (QED) is 0.153. The minimum absolute atomic E-state index is 0.0124. The van der Waals surface area contributed by atoms with E-state index in [0.29, 0.717) is 42.9 Å². The average Bonchev–Trinajstić information content (AvgIpc) is 2.92. The Morgan fingerprint density at radius 1 is 0.833 bits per heavy atom. The molecule has 2 saturated carbocycles. The van der Waals surface area contributed by atoms with Crippen LogP contribution in [0.15, 0.2) is 48.8 Å². The molecule has 4 rings (SSSR count). The minimum Gasteiger partial charge on any atom is -0.453 e. The van der Waals surface area contributed by atoms with E-state index in [1.807, 2.05) is 13.0 Å². The zero-order valence-electron chi connectivity index (χ0n) is 23.3. The van der Waals surface area contributed by atoms with Gasteiger partial charge in [0.1, 0.15) is 17.4 Å². The molecule has 42 heavy (non-hydrogen) atoms. The zero-order chi connectivity index (χ0) is 30.4. The number of alkyl halides is 2. The smallest absolute Gasteiger partial charge is 0.400 e. The lowest BCUT2D eigenvalue weighted by Gasteiger charge is -2.33. The predicted octanol–water partition coefficient (Wildman–Crippen LogP) is 10.6. The monoisotopic (exact) mass is 602 g/mol. The van der Waals surface area contributed by atoms with Crippen molar-refractivity contribution in [1.29, 1.82) is 0 Å². The first-order chi connectivity index (χ1) is 20.0. The van der Waals surface area contributed by atoms with Crippen molar-refractivity contribution in [3.8, 4) is 11.5 Å². The number of allylic oxidation sites excluding steroid dienone is 2. The fourth-order valence-electron chi connectivity index (χ4n) is 6.20. The molecule has 0 aliphatic heterocycles. The Morgan fingerprint density at radius 3 is 1.98 bits per heavy atom. The largest absolute Gasteiger partial charge is 0.453 e. The lowest BCUT2D eigenvalue weighted by molar-refractivity contribution is -0.223. The lowest BCUT2D eigenvalue weighted by Crippen LogP contribution is -2.37. The van der Waals surface area contributed by atoms with Crippen molar-refractivity contribution >= 4 is 0 Å². The SMILES string of the molecule is C/C=C/C1CCC(c2cc(F)c(CCC3CCC(C(F)(F)Oc4cc(F)c(OC=C(F)F)c(F)c4)CC3)c(F)c2)CC1. The second kappa shape index (κ2) is 14.0. The summed E-state index contributed by atoms with van der Waals surface area (Å²) in [6, 6.07) is 3.75. The maximum absolute atomic E-state index is 14.9. The minimum atomic E-state index is -3.75. The molecular weight excluding hydrogens is 568 g/mol. The van der Waals surface area contributed by atoms with Crippen LogP contribution in [0.1, 0.15) is 81.8 Å². The average molecular weight is 603 g/mol. The highest BCUT2D eigenvalue weighted by Crippen LogP contribution is 2.42. The molecular formula is C32H34F8O2. The molecule has 2 aliphatic carbocycles. The number of benzene rings is 2. The van der Waals surface area contributed by atoms with E-state index in [-0.39, 0.29) is 42.9 Å². The van der Waals surface area contributed by atoms with Crippen LogP contribution in [0.5, 0.6) is 11.5 Å². The molecule has 0 atom stereocenters. The highest BCUT2D eigenvalue weighted by atomic mass is 19.3. The van der Waals surface area contributed by atoms with Gasteiger partial charge in [-0.3, -0.25) is 0 Å². The molecule has 0 unspecified atom stereocenters. The molecule has 0 N–H and O–H groups in total. The fourth-order valence-corrected chi connectivity index (χ4v) is 6.20. The number of halogens is 8. The highest BCUT2D eigenvalue weighted by Gasteiger charge is 2.44. The van der Waals surface area contributed by atoms with Crippen molar-refractivity contribution in [2.75, 3.05) is 0 Å². The van der Waals surface area contributed by atoms with Crippen molar-refractivity contribution in [2.24, 2.45) is 17.8 Å². The highest BCUT2D eigenvalue weighted by molar-refractivity contribution is 5.35. The summed E-state index contributed by atoms with van der Waals surface area (Å²) in [4.78, 5) is 0. The van der Waals surface area contributed by atoms with Crippen LogP contribution in [0, 0.1) is 41.0 Å². The molecule has 0 heterocycles. The number of hydrogen-bond acceptors (Lipinski definition) is 2. The first-order valence-electron chi connectivity index (χ1n) is 14.3.